The summed E-state index contributed by atoms with van der Waals surface area (Å²) in [5.74, 6) is -0.0635. The molecule has 0 bridgehead atoms. The maximum Gasteiger partial charge on any atom is 0.216 e. The Bertz CT molecular complexity index is 688. The zero-order valence-corrected chi connectivity index (χ0v) is 12.8. The Kier molecular flexibility index (Phi) is 5.05. The summed E-state index contributed by atoms with van der Waals surface area (Å²) in [5.41, 5.74) is 1.38. The number of halogens is 2. The highest BCUT2D eigenvalue weighted by atomic mass is 35.5. The SMILES string of the molecule is O=S(=O)(Cc1ccccc1)NCc1cc(Cl)ccc1Cl. The lowest BCUT2D eigenvalue weighted by molar-refractivity contribution is 0.580. The van der Waals surface area contributed by atoms with Gasteiger partial charge in [-0.3, -0.25) is 0 Å². The van der Waals surface area contributed by atoms with Crippen LogP contribution in [0.1, 0.15) is 11.1 Å². The largest absolute Gasteiger partial charge is 0.216 e. The van der Waals surface area contributed by atoms with Crippen LogP contribution in [0, 0.1) is 0 Å². The first-order valence-electron chi connectivity index (χ1n) is 5.91. The molecule has 1 N–H and O–H groups in total. The molecule has 0 saturated heterocycles. The first-order valence-corrected chi connectivity index (χ1v) is 8.32. The normalized spacial score (nSPS) is 11.5. The predicted octanol–water partition coefficient (Wildman–Crippen LogP) is 3.61. The van der Waals surface area contributed by atoms with Crippen molar-refractivity contribution in [2.75, 3.05) is 0 Å². The predicted molar refractivity (Wildman–Crippen MR) is 82.4 cm³/mol. The minimum Gasteiger partial charge on any atom is -0.212 e. The lowest BCUT2D eigenvalue weighted by Gasteiger charge is -2.08. The third-order valence-electron chi connectivity index (χ3n) is 2.69. The van der Waals surface area contributed by atoms with E-state index in [-0.39, 0.29) is 12.3 Å². The second kappa shape index (κ2) is 6.59. The van der Waals surface area contributed by atoms with Crippen LogP contribution in [0.4, 0.5) is 0 Å². The first-order chi connectivity index (χ1) is 9.46. The Hall–Kier alpha value is -1.07. The fourth-order valence-corrected chi connectivity index (χ4v) is 3.20. The van der Waals surface area contributed by atoms with Crippen LogP contribution in [0.3, 0.4) is 0 Å². The van der Waals surface area contributed by atoms with Gasteiger partial charge in [-0.1, -0.05) is 53.5 Å². The summed E-state index contributed by atoms with van der Waals surface area (Å²) in [6, 6.07) is 13.9. The Labute approximate surface area is 128 Å². The van der Waals surface area contributed by atoms with Gasteiger partial charge in [0.25, 0.3) is 0 Å². The van der Waals surface area contributed by atoms with Gasteiger partial charge in [0.1, 0.15) is 0 Å². The third kappa shape index (κ3) is 4.49. The molecule has 0 heterocycles. The quantitative estimate of drug-likeness (QED) is 0.910. The molecule has 106 valence electrons. The smallest absolute Gasteiger partial charge is 0.212 e. The Balaban J connectivity index is 2.04. The number of rotatable bonds is 5. The molecule has 20 heavy (non-hydrogen) atoms. The molecular weight excluding hydrogens is 317 g/mol. The fraction of sp³-hybridized carbons (Fsp3) is 0.143. The topological polar surface area (TPSA) is 46.2 Å². The van der Waals surface area contributed by atoms with E-state index in [2.05, 4.69) is 4.72 Å². The molecule has 0 spiro atoms. The van der Waals surface area contributed by atoms with Crippen LogP contribution in [-0.2, 0) is 22.3 Å². The van der Waals surface area contributed by atoms with Gasteiger partial charge in [-0.15, -0.1) is 0 Å². The molecule has 0 fully saturated rings. The molecule has 0 aliphatic rings. The third-order valence-corrected chi connectivity index (χ3v) is 4.59. The molecule has 3 nitrogen and oxygen atoms in total. The fourth-order valence-electron chi connectivity index (χ4n) is 1.71. The molecule has 2 aromatic carbocycles. The molecule has 0 aliphatic carbocycles. The number of sulfonamides is 1. The van der Waals surface area contributed by atoms with Crippen molar-refractivity contribution in [1.82, 2.24) is 4.72 Å². The van der Waals surface area contributed by atoms with E-state index in [1.165, 1.54) is 0 Å². The summed E-state index contributed by atoms with van der Waals surface area (Å²) in [4.78, 5) is 0. The zero-order chi connectivity index (χ0) is 14.6. The van der Waals surface area contributed by atoms with Crippen molar-refractivity contribution in [3.8, 4) is 0 Å². The van der Waals surface area contributed by atoms with Gasteiger partial charge >= 0.3 is 0 Å². The molecule has 0 unspecified atom stereocenters. The summed E-state index contributed by atoms with van der Waals surface area (Å²) in [5, 5.41) is 1.00. The summed E-state index contributed by atoms with van der Waals surface area (Å²) in [6.45, 7) is 0.120. The molecule has 0 radical (unpaired) electrons. The van der Waals surface area contributed by atoms with Crippen LogP contribution in [-0.4, -0.2) is 8.42 Å². The number of nitrogens with one attached hydrogen (secondary N) is 1. The van der Waals surface area contributed by atoms with E-state index in [0.717, 1.165) is 5.56 Å². The van der Waals surface area contributed by atoms with E-state index in [1.807, 2.05) is 6.07 Å². The molecular formula is C14H13Cl2NO2S. The van der Waals surface area contributed by atoms with Crippen LogP contribution in [0.15, 0.2) is 48.5 Å². The standard InChI is InChI=1S/C14H13Cl2NO2S/c15-13-6-7-14(16)12(8-13)9-17-20(18,19)10-11-4-2-1-3-5-11/h1-8,17H,9-10H2. The molecule has 0 amide bonds. The average Bonchev–Trinajstić information content (AvgIpc) is 2.40. The summed E-state index contributed by atoms with van der Waals surface area (Å²) in [7, 11) is -3.41. The van der Waals surface area contributed by atoms with Crippen molar-refractivity contribution >= 4 is 33.2 Å². The van der Waals surface area contributed by atoms with E-state index in [0.29, 0.717) is 15.6 Å². The van der Waals surface area contributed by atoms with Crippen molar-refractivity contribution in [3.63, 3.8) is 0 Å². The first kappa shape index (κ1) is 15.3. The highest BCUT2D eigenvalue weighted by molar-refractivity contribution is 7.88. The van der Waals surface area contributed by atoms with Crippen molar-refractivity contribution in [3.05, 3.63) is 69.7 Å². The lowest BCUT2D eigenvalue weighted by atomic mass is 10.2. The van der Waals surface area contributed by atoms with Gasteiger partial charge in [-0.2, -0.15) is 0 Å². The van der Waals surface area contributed by atoms with Crippen LogP contribution < -0.4 is 4.72 Å². The van der Waals surface area contributed by atoms with Gasteiger partial charge in [0, 0.05) is 16.6 Å². The zero-order valence-electron chi connectivity index (χ0n) is 10.5. The number of hydrogen-bond acceptors (Lipinski definition) is 2. The molecule has 0 saturated carbocycles. The Morgan fingerprint density at radius 3 is 2.40 bits per heavy atom. The minimum absolute atomic E-state index is 0.0635. The molecule has 2 rings (SSSR count). The van der Waals surface area contributed by atoms with Gasteiger partial charge in [0.05, 0.1) is 5.75 Å². The van der Waals surface area contributed by atoms with Crippen molar-refractivity contribution in [1.29, 1.82) is 0 Å². The maximum atomic E-state index is 12.0. The van der Waals surface area contributed by atoms with Gasteiger partial charge in [0.2, 0.25) is 10.0 Å². The monoisotopic (exact) mass is 329 g/mol. The molecule has 0 aliphatic heterocycles. The molecule has 2 aromatic rings. The van der Waals surface area contributed by atoms with Gasteiger partial charge < -0.3 is 0 Å². The second-order valence-corrected chi connectivity index (χ2v) is 6.95. The maximum absolute atomic E-state index is 12.0. The van der Waals surface area contributed by atoms with E-state index in [9.17, 15) is 8.42 Å². The van der Waals surface area contributed by atoms with Gasteiger partial charge in [-0.25, -0.2) is 13.1 Å². The second-order valence-electron chi connectivity index (χ2n) is 4.30. The highest BCUT2D eigenvalue weighted by Gasteiger charge is 2.12. The van der Waals surface area contributed by atoms with E-state index in [1.54, 1.807) is 42.5 Å². The Morgan fingerprint density at radius 1 is 1.00 bits per heavy atom. The highest BCUT2D eigenvalue weighted by Crippen LogP contribution is 2.20. The minimum atomic E-state index is -3.41. The van der Waals surface area contributed by atoms with Crippen LogP contribution in [0.2, 0.25) is 10.0 Å². The van der Waals surface area contributed by atoms with Crippen LogP contribution >= 0.6 is 23.2 Å². The molecule has 6 heteroatoms. The van der Waals surface area contributed by atoms with E-state index in [4.69, 9.17) is 23.2 Å². The van der Waals surface area contributed by atoms with E-state index >= 15 is 0 Å². The van der Waals surface area contributed by atoms with Crippen molar-refractivity contribution in [2.45, 2.75) is 12.3 Å². The van der Waals surface area contributed by atoms with Crippen LogP contribution in [0.25, 0.3) is 0 Å². The molecule has 0 aromatic heterocycles. The summed E-state index contributed by atoms with van der Waals surface area (Å²) < 4.78 is 26.5. The van der Waals surface area contributed by atoms with Crippen molar-refractivity contribution in [2.24, 2.45) is 0 Å². The number of benzene rings is 2. The van der Waals surface area contributed by atoms with Gasteiger partial charge in [0.15, 0.2) is 0 Å². The van der Waals surface area contributed by atoms with Gasteiger partial charge in [-0.05, 0) is 29.3 Å². The summed E-state index contributed by atoms with van der Waals surface area (Å²) in [6.07, 6.45) is 0. The summed E-state index contributed by atoms with van der Waals surface area (Å²) >= 11 is 11.9. The lowest BCUT2D eigenvalue weighted by Crippen LogP contribution is -2.24. The van der Waals surface area contributed by atoms with Crippen molar-refractivity contribution < 1.29 is 8.42 Å². The Morgan fingerprint density at radius 2 is 1.70 bits per heavy atom. The van der Waals surface area contributed by atoms with Crippen LogP contribution in [0.5, 0.6) is 0 Å². The van der Waals surface area contributed by atoms with E-state index < -0.39 is 10.0 Å². The molecule has 0 atom stereocenters. The average molecular weight is 330 g/mol. The number of hydrogen-bond donors (Lipinski definition) is 1.